The van der Waals surface area contributed by atoms with E-state index in [2.05, 4.69) is 20.6 Å². The fourth-order valence-electron chi connectivity index (χ4n) is 3.41. The number of H-pyrrole nitrogens is 1. The van der Waals surface area contributed by atoms with E-state index in [0.717, 1.165) is 27.7 Å². The number of pyridine rings is 1. The fraction of sp³-hybridized carbons (Fsp3) is 0.227. The number of nitrogens with one attached hydrogen (secondary N) is 3. The molecular formula is C22H24N6O2. The summed E-state index contributed by atoms with van der Waals surface area (Å²) in [6.45, 7) is 3.40. The summed E-state index contributed by atoms with van der Waals surface area (Å²) >= 11 is 0. The Kier molecular flexibility index (Phi) is 5.76. The molecule has 0 aliphatic heterocycles. The van der Waals surface area contributed by atoms with Crippen molar-refractivity contribution in [3.63, 3.8) is 0 Å². The lowest BCUT2D eigenvalue weighted by atomic mass is 10.0. The zero-order valence-corrected chi connectivity index (χ0v) is 16.7. The summed E-state index contributed by atoms with van der Waals surface area (Å²) in [6.07, 6.45) is 0.633. The predicted molar refractivity (Wildman–Crippen MR) is 118 cm³/mol. The number of nitrogens with two attached hydrogens (primary N) is 1. The molecule has 0 saturated carbocycles. The highest BCUT2D eigenvalue weighted by Crippen LogP contribution is 2.29. The van der Waals surface area contributed by atoms with E-state index in [4.69, 9.17) is 15.5 Å². The Morgan fingerprint density at radius 3 is 2.77 bits per heavy atom. The second kappa shape index (κ2) is 8.79. The quantitative estimate of drug-likeness (QED) is 0.375. The number of benzene rings is 2. The van der Waals surface area contributed by atoms with E-state index in [1.165, 1.54) is 0 Å². The fourth-order valence-corrected chi connectivity index (χ4v) is 3.41. The molecule has 0 radical (unpaired) electrons. The van der Waals surface area contributed by atoms with Gasteiger partial charge in [-0.3, -0.25) is 0 Å². The second-order valence-corrected chi connectivity index (χ2v) is 6.85. The molecule has 154 valence electrons. The molecule has 4 rings (SSSR count). The number of aromatic nitrogens is 3. The van der Waals surface area contributed by atoms with Gasteiger partial charge in [-0.15, -0.1) is 0 Å². The number of hydrogen-bond donors (Lipinski definition) is 4. The van der Waals surface area contributed by atoms with E-state index in [0.29, 0.717) is 43.3 Å². The number of fused-ring (bicyclic) bond motifs is 3. The van der Waals surface area contributed by atoms with Gasteiger partial charge in [-0.2, -0.15) is 0 Å². The molecule has 5 N–H and O–H groups in total. The number of carbonyl (C=O) groups excluding carboxylic acids is 1. The standard InChI is InChI=1S/C22H24N6O2/c1-2-30-13-17-27-19-18-14(7-6-10-16(18)26-21(23)20(19)28-17)11-12-24-22(29)25-15-8-4-3-5-9-15/h3-10H,2,11-13H2,1H3,(H2,23,26)(H,27,28)(H2,24,25,29). The Bertz CT molecular complexity index is 1170. The topological polar surface area (TPSA) is 118 Å². The van der Waals surface area contributed by atoms with Crippen LogP contribution in [0.3, 0.4) is 0 Å². The first-order valence-corrected chi connectivity index (χ1v) is 9.89. The van der Waals surface area contributed by atoms with Crippen molar-refractivity contribution in [2.75, 3.05) is 24.2 Å². The number of rotatable bonds is 7. The number of imidazole rings is 1. The van der Waals surface area contributed by atoms with Gasteiger partial charge in [0.2, 0.25) is 0 Å². The van der Waals surface area contributed by atoms with Crippen LogP contribution >= 0.6 is 0 Å². The first-order chi connectivity index (χ1) is 14.7. The largest absolute Gasteiger partial charge is 0.382 e. The number of amides is 2. The van der Waals surface area contributed by atoms with Crippen molar-refractivity contribution in [3.05, 3.63) is 59.9 Å². The number of para-hydroxylation sites is 1. The van der Waals surface area contributed by atoms with Gasteiger partial charge in [0.15, 0.2) is 0 Å². The minimum atomic E-state index is -0.243. The summed E-state index contributed by atoms with van der Waals surface area (Å²) in [5, 5.41) is 6.64. The molecule has 4 aromatic rings. The minimum Gasteiger partial charge on any atom is -0.382 e. The average Bonchev–Trinajstić information content (AvgIpc) is 3.18. The van der Waals surface area contributed by atoms with Crippen LogP contribution in [0.5, 0.6) is 0 Å². The van der Waals surface area contributed by atoms with Gasteiger partial charge in [-0.25, -0.2) is 14.8 Å². The van der Waals surface area contributed by atoms with Crippen molar-refractivity contribution >= 4 is 39.5 Å². The zero-order valence-electron chi connectivity index (χ0n) is 16.7. The maximum Gasteiger partial charge on any atom is 0.319 e. The zero-order chi connectivity index (χ0) is 20.9. The summed E-state index contributed by atoms with van der Waals surface area (Å²) in [4.78, 5) is 24.6. The number of nitrogen functional groups attached to an aromatic ring is 1. The highest BCUT2D eigenvalue weighted by Gasteiger charge is 2.15. The van der Waals surface area contributed by atoms with E-state index in [-0.39, 0.29) is 6.03 Å². The highest BCUT2D eigenvalue weighted by molar-refractivity contribution is 6.07. The number of aromatic amines is 1. The molecule has 0 unspecified atom stereocenters. The van der Waals surface area contributed by atoms with E-state index in [1.54, 1.807) is 0 Å². The summed E-state index contributed by atoms with van der Waals surface area (Å²) in [5.41, 5.74) is 10.2. The van der Waals surface area contributed by atoms with Crippen LogP contribution in [0.1, 0.15) is 18.3 Å². The van der Waals surface area contributed by atoms with E-state index in [1.807, 2.05) is 55.5 Å². The molecule has 8 nitrogen and oxygen atoms in total. The third-order valence-corrected chi connectivity index (χ3v) is 4.77. The Balaban J connectivity index is 1.55. The molecule has 0 aliphatic rings. The molecule has 2 amide bonds. The molecule has 0 bridgehead atoms. The third kappa shape index (κ3) is 4.18. The van der Waals surface area contributed by atoms with E-state index < -0.39 is 0 Å². The Morgan fingerprint density at radius 2 is 1.97 bits per heavy atom. The molecule has 2 aromatic heterocycles. The summed E-state index contributed by atoms with van der Waals surface area (Å²) < 4.78 is 5.46. The molecule has 0 atom stereocenters. The Hall–Kier alpha value is -3.65. The van der Waals surface area contributed by atoms with E-state index in [9.17, 15) is 4.79 Å². The monoisotopic (exact) mass is 404 g/mol. The van der Waals surface area contributed by atoms with Crippen LogP contribution in [-0.4, -0.2) is 34.1 Å². The van der Waals surface area contributed by atoms with Crippen molar-refractivity contribution < 1.29 is 9.53 Å². The van der Waals surface area contributed by atoms with Crippen LogP contribution in [0.2, 0.25) is 0 Å². The van der Waals surface area contributed by atoms with Gasteiger partial charge in [0.05, 0.1) is 5.52 Å². The van der Waals surface area contributed by atoms with Crippen molar-refractivity contribution in [2.24, 2.45) is 0 Å². The average molecular weight is 404 g/mol. The SMILES string of the molecule is CCOCc1nc2c([nH]1)c(N)nc1cccc(CCNC(=O)Nc3ccccc3)c12. The highest BCUT2D eigenvalue weighted by atomic mass is 16.5. The van der Waals surface area contributed by atoms with Crippen molar-refractivity contribution in [2.45, 2.75) is 20.0 Å². The lowest BCUT2D eigenvalue weighted by Crippen LogP contribution is -2.30. The minimum absolute atomic E-state index is 0.243. The summed E-state index contributed by atoms with van der Waals surface area (Å²) in [5.74, 6) is 1.12. The smallest absolute Gasteiger partial charge is 0.319 e. The lowest BCUT2D eigenvalue weighted by Gasteiger charge is -2.10. The van der Waals surface area contributed by atoms with Crippen LogP contribution in [0, 0.1) is 0 Å². The van der Waals surface area contributed by atoms with Crippen LogP contribution in [0.25, 0.3) is 21.9 Å². The van der Waals surface area contributed by atoms with Gasteiger partial charge in [-0.05, 0) is 37.1 Å². The van der Waals surface area contributed by atoms with Crippen LogP contribution < -0.4 is 16.4 Å². The Morgan fingerprint density at radius 1 is 1.13 bits per heavy atom. The molecule has 2 aromatic carbocycles. The first kappa shape index (κ1) is 19.7. The van der Waals surface area contributed by atoms with Gasteiger partial charge in [0, 0.05) is 24.2 Å². The molecule has 0 fully saturated rings. The number of nitrogens with zero attached hydrogens (tertiary/aromatic N) is 2. The molecule has 0 aliphatic carbocycles. The van der Waals surface area contributed by atoms with Crippen molar-refractivity contribution in [3.8, 4) is 0 Å². The molecule has 30 heavy (non-hydrogen) atoms. The summed E-state index contributed by atoms with van der Waals surface area (Å²) in [7, 11) is 0. The van der Waals surface area contributed by atoms with Crippen LogP contribution in [0.4, 0.5) is 16.3 Å². The number of anilines is 2. The van der Waals surface area contributed by atoms with Gasteiger partial charge in [0.1, 0.15) is 29.3 Å². The van der Waals surface area contributed by atoms with Crippen molar-refractivity contribution in [1.82, 2.24) is 20.3 Å². The normalized spacial score (nSPS) is 11.1. The molecule has 0 spiro atoms. The molecular weight excluding hydrogens is 380 g/mol. The van der Waals surface area contributed by atoms with Gasteiger partial charge in [-0.1, -0.05) is 30.3 Å². The van der Waals surface area contributed by atoms with Gasteiger partial charge >= 0.3 is 6.03 Å². The second-order valence-electron chi connectivity index (χ2n) is 6.85. The number of carbonyl (C=O) groups is 1. The Labute approximate surface area is 173 Å². The number of ether oxygens (including phenoxy) is 1. The van der Waals surface area contributed by atoms with Gasteiger partial charge in [0.25, 0.3) is 0 Å². The predicted octanol–water partition coefficient (Wildman–Crippen LogP) is 3.59. The van der Waals surface area contributed by atoms with Gasteiger partial charge < -0.3 is 26.1 Å². The molecule has 0 saturated heterocycles. The lowest BCUT2D eigenvalue weighted by molar-refractivity contribution is 0.129. The number of hydrogen-bond acceptors (Lipinski definition) is 5. The molecule has 8 heteroatoms. The van der Waals surface area contributed by atoms with Crippen LogP contribution in [-0.2, 0) is 17.8 Å². The summed E-state index contributed by atoms with van der Waals surface area (Å²) in [6, 6.07) is 15.0. The third-order valence-electron chi connectivity index (χ3n) is 4.77. The molecule has 2 heterocycles. The first-order valence-electron chi connectivity index (χ1n) is 9.89. The van der Waals surface area contributed by atoms with Crippen LogP contribution in [0.15, 0.2) is 48.5 Å². The van der Waals surface area contributed by atoms with Crippen molar-refractivity contribution in [1.29, 1.82) is 0 Å². The maximum atomic E-state index is 12.1. The number of urea groups is 1. The maximum absolute atomic E-state index is 12.1. The van der Waals surface area contributed by atoms with E-state index >= 15 is 0 Å².